The number of furan rings is 1. The standard InChI is InChI=1S/C12H17NO5S/c1-8-10(6-9(18-8)11(14)15)19(16,17)13-5-4-12(2,3)7-13/h6H,4-5,7H2,1-3H3,(H,14,15). The normalized spacial score (nSPS) is 19.7. The molecule has 0 atom stereocenters. The molecule has 1 aliphatic heterocycles. The molecule has 2 heterocycles. The number of carboxylic acids is 1. The third kappa shape index (κ3) is 2.52. The predicted molar refractivity (Wildman–Crippen MR) is 67.6 cm³/mol. The van der Waals surface area contributed by atoms with E-state index in [4.69, 9.17) is 9.52 Å². The van der Waals surface area contributed by atoms with Gasteiger partial charge in [-0.1, -0.05) is 13.8 Å². The summed E-state index contributed by atoms with van der Waals surface area (Å²) in [6, 6.07) is 1.08. The number of hydrogen-bond acceptors (Lipinski definition) is 4. The molecular weight excluding hydrogens is 270 g/mol. The monoisotopic (exact) mass is 287 g/mol. The largest absolute Gasteiger partial charge is 0.475 e. The van der Waals surface area contributed by atoms with Crippen LogP contribution in [-0.2, 0) is 10.0 Å². The van der Waals surface area contributed by atoms with Crippen LogP contribution in [0.2, 0.25) is 0 Å². The smallest absolute Gasteiger partial charge is 0.371 e. The van der Waals surface area contributed by atoms with Crippen molar-refractivity contribution in [2.75, 3.05) is 13.1 Å². The van der Waals surface area contributed by atoms with Crippen molar-refractivity contribution in [3.63, 3.8) is 0 Å². The number of hydrogen-bond donors (Lipinski definition) is 1. The van der Waals surface area contributed by atoms with Crippen LogP contribution in [-0.4, -0.2) is 36.9 Å². The number of aromatic carboxylic acids is 1. The van der Waals surface area contributed by atoms with E-state index in [1.807, 2.05) is 13.8 Å². The van der Waals surface area contributed by atoms with E-state index in [1.54, 1.807) is 0 Å². The van der Waals surface area contributed by atoms with Gasteiger partial charge in [-0.15, -0.1) is 0 Å². The number of carboxylic acid groups (broad SMARTS) is 1. The molecular formula is C12H17NO5S. The Kier molecular flexibility index (Phi) is 3.22. The van der Waals surface area contributed by atoms with Gasteiger partial charge in [-0.05, 0) is 18.8 Å². The fourth-order valence-electron chi connectivity index (χ4n) is 2.23. The summed E-state index contributed by atoms with van der Waals surface area (Å²) < 4.78 is 31.3. The van der Waals surface area contributed by atoms with Gasteiger partial charge in [0.2, 0.25) is 15.8 Å². The maximum absolute atomic E-state index is 12.5. The zero-order chi connectivity index (χ0) is 14.4. The van der Waals surface area contributed by atoms with Crippen molar-refractivity contribution in [1.29, 1.82) is 0 Å². The first-order chi connectivity index (χ1) is 8.63. The minimum absolute atomic E-state index is 0.0531. The van der Waals surface area contributed by atoms with Gasteiger partial charge in [0.15, 0.2) is 0 Å². The predicted octanol–water partition coefficient (Wildman–Crippen LogP) is 1.71. The highest BCUT2D eigenvalue weighted by Gasteiger charge is 2.38. The summed E-state index contributed by atoms with van der Waals surface area (Å²) in [5, 5.41) is 8.83. The molecule has 1 aliphatic rings. The minimum atomic E-state index is -3.68. The third-order valence-electron chi connectivity index (χ3n) is 3.34. The van der Waals surface area contributed by atoms with Crippen LogP contribution < -0.4 is 0 Å². The Morgan fingerprint density at radius 2 is 2.11 bits per heavy atom. The second-order valence-corrected chi connectivity index (χ2v) is 7.50. The van der Waals surface area contributed by atoms with Gasteiger partial charge in [0, 0.05) is 19.2 Å². The zero-order valence-corrected chi connectivity index (χ0v) is 12.0. The van der Waals surface area contributed by atoms with Crippen LogP contribution in [0, 0.1) is 12.3 Å². The summed E-state index contributed by atoms with van der Waals surface area (Å²) in [6.07, 6.45) is 0.787. The fraction of sp³-hybridized carbons (Fsp3) is 0.583. The highest BCUT2D eigenvalue weighted by molar-refractivity contribution is 7.89. The van der Waals surface area contributed by atoms with E-state index in [1.165, 1.54) is 11.2 Å². The summed E-state index contributed by atoms with van der Waals surface area (Å²) in [7, 11) is -3.68. The van der Waals surface area contributed by atoms with E-state index in [9.17, 15) is 13.2 Å². The summed E-state index contributed by atoms with van der Waals surface area (Å²) >= 11 is 0. The number of aryl methyl sites for hydroxylation is 1. The van der Waals surface area contributed by atoms with Gasteiger partial charge in [-0.25, -0.2) is 13.2 Å². The van der Waals surface area contributed by atoms with Crippen LogP contribution in [0.4, 0.5) is 0 Å². The second-order valence-electron chi connectivity index (χ2n) is 5.59. The first-order valence-electron chi connectivity index (χ1n) is 5.97. The van der Waals surface area contributed by atoms with Crippen molar-refractivity contribution in [3.8, 4) is 0 Å². The Bertz CT molecular complexity index is 614. The Morgan fingerprint density at radius 1 is 1.47 bits per heavy atom. The first kappa shape index (κ1) is 14.1. The van der Waals surface area contributed by atoms with Crippen LogP contribution >= 0.6 is 0 Å². The maximum Gasteiger partial charge on any atom is 0.371 e. The molecule has 1 saturated heterocycles. The van der Waals surface area contributed by atoms with Crippen molar-refractivity contribution < 1.29 is 22.7 Å². The molecule has 1 aromatic rings. The SMILES string of the molecule is Cc1oc(C(=O)O)cc1S(=O)(=O)N1CCC(C)(C)C1. The van der Waals surface area contributed by atoms with E-state index >= 15 is 0 Å². The van der Waals surface area contributed by atoms with Gasteiger partial charge < -0.3 is 9.52 Å². The molecule has 7 heteroatoms. The quantitative estimate of drug-likeness (QED) is 0.914. The molecule has 6 nitrogen and oxygen atoms in total. The first-order valence-corrected chi connectivity index (χ1v) is 7.41. The van der Waals surface area contributed by atoms with Crippen molar-refractivity contribution in [2.45, 2.75) is 32.1 Å². The van der Waals surface area contributed by atoms with E-state index in [2.05, 4.69) is 0 Å². The second kappa shape index (κ2) is 4.35. The van der Waals surface area contributed by atoms with Crippen LogP contribution in [0.1, 0.15) is 36.6 Å². The fourth-order valence-corrected chi connectivity index (χ4v) is 4.02. The van der Waals surface area contributed by atoms with Gasteiger partial charge in [0.25, 0.3) is 0 Å². The van der Waals surface area contributed by atoms with Gasteiger partial charge in [-0.2, -0.15) is 4.31 Å². The molecule has 0 radical (unpaired) electrons. The summed E-state index contributed by atoms with van der Waals surface area (Å²) in [5.74, 6) is -1.51. The van der Waals surface area contributed by atoms with Crippen molar-refractivity contribution in [1.82, 2.24) is 4.31 Å². The zero-order valence-electron chi connectivity index (χ0n) is 11.1. The molecule has 0 spiro atoms. The maximum atomic E-state index is 12.5. The molecule has 1 N–H and O–H groups in total. The molecule has 1 fully saturated rings. The van der Waals surface area contributed by atoms with Crippen LogP contribution in [0.25, 0.3) is 0 Å². The number of carbonyl (C=O) groups is 1. The van der Waals surface area contributed by atoms with E-state index in [0.717, 1.165) is 12.5 Å². The molecule has 0 amide bonds. The topological polar surface area (TPSA) is 87.8 Å². The molecule has 2 rings (SSSR count). The Balaban J connectivity index is 2.38. The van der Waals surface area contributed by atoms with Crippen molar-refractivity contribution in [3.05, 3.63) is 17.6 Å². The average Bonchev–Trinajstić information content (AvgIpc) is 2.82. The molecule has 0 bridgehead atoms. The summed E-state index contributed by atoms with van der Waals surface area (Å²) in [5.41, 5.74) is -0.0552. The highest BCUT2D eigenvalue weighted by atomic mass is 32.2. The van der Waals surface area contributed by atoms with Crippen molar-refractivity contribution in [2.24, 2.45) is 5.41 Å². The Hall–Kier alpha value is -1.34. The number of rotatable bonds is 3. The van der Waals surface area contributed by atoms with Crippen LogP contribution in [0.15, 0.2) is 15.4 Å². The van der Waals surface area contributed by atoms with Gasteiger partial charge >= 0.3 is 5.97 Å². The molecule has 106 valence electrons. The molecule has 0 aromatic carbocycles. The van der Waals surface area contributed by atoms with Crippen LogP contribution in [0.3, 0.4) is 0 Å². The van der Waals surface area contributed by atoms with E-state index in [-0.39, 0.29) is 21.8 Å². The third-order valence-corrected chi connectivity index (χ3v) is 5.30. The van der Waals surface area contributed by atoms with Gasteiger partial charge in [0.05, 0.1) is 0 Å². The van der Waals surface area contributed by atoms with Gasteiger partial charge in [0.1, 0.15) is 10.7 Å². The summed E-state index contributed by atoms with van der Waals surface area (Å²) in [6.45, 7) is 6.35. The minimum Gasteiger partial charge on any atom is -0.475 e. The lowest BCUT2D eigenvalue weighted by Crippen LogP contribution is -2.30. The molecule has 1 aromatic heterocycles. The lowest BCUT2D eigenvalue weighted by molar-refractivity contribution is 0.0661. The number of nitrogens with zero attached hydrogens (tertiary/aromatic N) is 1. The summed E-state index contributed by atoms with van der Waals surface area (Å²) in [4.78, 5) is 10.8. The molecule has 0 aliphatic carbocycles. The van der Waals surface area contributed by atoms with E-state index in [0.29, 0.717) is 13.1 Å². The number of sulfonamides is 1. The molecule has 19 heavy (non-hydrogen) atoms. The lowest BCUT2D eigenvalue weighted by atomic mass is 9.93. The van der Waals surface area contributed by atoms with E-state index < -0.39 is 16.0 Å². The van der Waals surface area contributed by atoms with Crippen LogP contribution in [0.5, 0.6) is 0 Å². The highest BCUT2D eigenvalue weighted by Crippen LogP contribution is 2.34. The average molecular weight is 287 g/mol. The molecule has 0 saturated carbocycles. The molecule has 0 unspecified atom stereocenters. The Labute approximate surface area is 112 Å². The van der Waals surface area contributed by atoms with Crippen molar-refractivity contribution >= 4 is 16.0 Å². The lowest BCUT2D eigenvalue weighted by Gasteiger charge is -2.19. The van der Waals surface area contributed by atoms with Gasteiger partial charge in [-0.3, -0.25) is 0 Å². The Morgan fingerprint density at radius 3 is 2.53 bits per heavy atom.